The predicted molar refractivity (Wildman–Crippen MR) is 88.6 cm³/mol. The van der Waals surface area contributed by atoms with E-state index in [0.717, 1.165) is 22.9 Å². The smallest absolute Gasteiger partial charge is 0.295 e. The van der Waals surface area contributed by atoms with E-state index in [1.807, 2.05) is 23.1 Å². The molecule has 0 atom stereocenters. The fourth-order valence-electron chi connectivity index (χ4n) is 3.03. The summed E-state index contributed by atoms with van der Waals surface area (Å²) in [6.45, 7) is 2.47. The maximum atomic E-state index is 13.3. The average Bonchev–Trinajstić information content (AvgIpc) is 2.54. The molecule has 1 aliphatic rings. The van der Waals surface area contributed by atoms with E-state index in [4.69, 9.17) is 0 Å². The second-order valence-electron chi connectivity index (χ2n) is 5.69. The lowest BCUT2D eigenvalue weighted by Gasteiger charge is -2.31. The van der Waals surface area contributed by atoms with Crippen molar-refractivity contribution in [1.82, 2.24) is 0 Å². The SMILES string of the molecule is CC(=O)Nc1cccc2c1CCN(c1ccc(F)cc1[N+](=O)[O-])C2. The number of carbonyl (C=O) groups excluding carboxylic acids is 1. The van der Waals surface area contributed by atoms with Crippen LogP contribution in [0.2, 0.25) is 0 Å². The number of halogens is 1. The van der Waals surface area contributed by atoms with Crippen molar-refractivity contribution in [3.63, 3.8) is 0 Å². The molecule has 2 aromatic rings. The Morgan fingerprint density at radius 3 is 2.83 bits per heavy atom. The van der Waals surface area contributed by atoms with Crippen LogP contribution in [0.15, 0.2) is 36.4 Å². The summed E-state index contributed by atoms with van der Waals surface area (Å²) in [6, 6.07) is 9.23. The van der Waals surface area contributed by atoms with Gasteiger partial charge in [-0.3, -0.25) is 14.9 Å². The number of benzene rings is 2. The Morgan fingerprint density at radius 2 is 2.12 bits per heavy atom. The lowest BCUT2D eigenvalue weighted by atomic mass is 9.97. The van der Waals surface area contributed by atoms with Gasteiger partial charge in [0.25, 0.3) is 5.69 Å². The minimum absolute atomic E-state index is 0.139. The summed E-state index contributed by atoms with van der Waals surface area (Å²) in [5.41, 5.74) is 2.96. The summed E-state index contributed by atoms with van der Waals surface area (Å²) in [7, 11) is 0. The summed E-state index contributed by atoms with van der Waals surface area (Å²) < 4.78 is 13.3. The second kappa shape index (κ2) is 6.27. The van der Waals surface area contributed by atoms with Crippen molar-refractivity contribution in [3.8, 4) is 0 Å². The van der Waals surface area contributed by atoms with Crippen LogP contribution in [0.3, 0.4) is 0 Å². The molecule has 0 aromatic heterocycles. The van der Waals surface area contributed by atoms with Crippen LogP contribution in [-0.4, -0.2) is 17.4 Å². The molecule has 0 unspecified atom stereocenters. The van der Waals surface area contributed by atoms with Gasteiger partial charge in [0.15, 0.2) is 0 Å². The van der Waals surface area contributed by atoms with E-state index in [1.54, 1.807) is 0 Å². The molecule has 7 heteroatoms. The highest BCUT2D eigenvalue weighted by atomic mass is 19.1. The molecule has 0 saturated carbocycles. The molecule has 0 fully saturated rings. The Labute approximate surface area is 138 Å². The summed E-state index contributed by atoms with van der Waals surface area (Å²) in [6.07, 6.45) is 0.639. The standard InChI is InChI=1S/C17H16FN3O3/c1-11(22)19-15-4-2-3-12-10-20(8-7-14(12)15)16-6-5-13(18)9-17(16)21(23)24/h2-6,9H,7-8,10H2,1H3,(H,19,22). The zero-order valence-electron chi connectivity index (χ0n) is 13.1. The van der Waals surface area contributed by atoms with Crippen LogP contribution in [0.25, 0.3) is 0 Å². The Balaban J connectivity index is 1.94. The second-order valence-corrected chi connectivity index (χ2v) is 5.69. The van der Waals surface area contributed by atoms with Gasteiger partial charge < -0.3 is 10.2 Å². The molecule has 0 aliphatic carbocycles. The third kappa shape index (κ3) is 3.05. The van der Waals surface area contributed by atoms with Crippen molar-refractivity contribution >= 4 is 23.0 Å². The molecule has 1 aliphatic heterocycles. The number of nitrogens with zero attached hydrogens (tertiary/aromatic N) is 2. The van der Waals surface area contributed by atoms with E-state index in [9.17, 15) is 19.3 Å². The first-order valence-electron chi connectivity index (χ1n) is 7.53. The van der Waals surface area contributed by atoms with E-state index in [0.29, 0.717) is 25.2 Å². The maximum Gasteiger partial charge on any atom is 0.295 e. The van der Waals surface area contributed by atoms with Gasteiger partial charge in [-0.05, 0) is 35.7 Å². The molecule has 2 aromatic carbocycles. The minimum atomic E-state index is -0.629. The van der Waals surface area contributed by atoms with Gasteiger partial charge in [-0.2, -0.15) is 0 Å². The average molecular weight is 329 g/mol. The molecule has 0 saturated heterocycles. The zero-order valence-corrected chi connectivity index (χ0v) is 13.1. The van der Waals surface area contributed by atoms with Crippen LogP contribution in [0.1, 0.15) is 18.1 Å². The third-order valence-electron chi connectivity index (χ3n) is 4.05. The molecule has 0 bridgehead atoms. The first kappa shape index (κ1) is 15.9. The first-order valence-corrected chi connectivity index (χ1v) is 7.53. The van der Waals surface area contributed by atoms with Crippen LogP contribution in [-0.2, 0) is 17.8 Å². The Bertz CT molecular complexity index is 823. The van der Waals surface area contributed by atoms with Crippen molar-refractivity contribution in [2.24, 2.45) is 0 Å². The van der Waals surface area contributed by atoms with Gasteiger partial charge in [0.2, 0.25) is 5.91 Å². The summed E-state index contributed by atoms with van der Waals surface area (Å²) in [5.74, 6) is -0.768. The van der Waals surface area contributed by atoms with Crippen LogP contribution in [0, 0.1) is 15.9 Å². The van der Waals surface area contributed by atoms with Crippen molar-refractivity contribution < 1.29 is 14.1 Å². The third-order valence-corrected chi connectivity index (χ3v) is 4.05. The van der Waals surface area contributed by atoms with Crippen LogP contribution in [0.5, 0.6) is 0 Å². The molecule has 24 heavy (non-hydrogen) atoms. The molecule has 3 rings (SSSR count). The molecule has 0 radical (unpaired) electrons. The van der Waals surface area contributed by atoms with E-state index in [2.05, 4.69) is 5.32 Å². The number of amides is 1. The topological polar surface area (TPSA) is 75.5 Å². The molecule has 0 spiro atoms. The summed E-state index contributed by atoms with van der Waals surface area (Å²) in [5, 5.41) is 14.0. The lowest BCUT2D eigenvalue weighted by Crippen LogP contribution is -2.31. The zero-order chi connectivity index (χ0) is 17.3. The highest BCUT2D eigenvalue weighted by Crippen LogP contribution is 2.34. The van der Waals surface area contributed by atoms with Gasteiger partial charge in [0.1, 0.15) is 11.5 Å². The van der Waals surface area contributed by atoms with E-state index in [1.165, 1.54) is 19.1 Å². The Hall–Kier alpha value is -2.96. The molecule has 1 heterocycles. The fraction of sp³-hybridized carbons (Fsp3) is 0.235. The molecular formula is C17H16FN3O3. The quantitative estimate of drug-likeness (QED) is 0.693. The van der Waals surface area contributed by atoms with Crippen molar-refractivity contribution in [3.05, 3.63) is 63.5 Å². The summed E-state index contributed by atoms with van der Waals surface area (Å²) >= 11 is 0. The molecule has 1 N–H and O–H groups in total. The number of carbonyl (C=O) groups is 1. The number of nitrogens with one attached hydrogen (secondary N) is 1. The number of nitro benzene ring substituents is 1. The Morgan fingerprint density at radius 1 is 1.33 bits per heavy atom. The predicted octanol–water partition coefficient (Wildman–Crippen LogP) is 3.26. The van der Waals surface area contributed by atoms with E-state index >= 15 is 0 Å². The van der Waals surface area contributed by atoms with Crippen molar-refractivity contribution in [2.45, 2.75) is 19.9 Å². The summed E-state index contributed by atoms with van der Waals surface area (Å²) in [4.78, 5) is 23.8. The first-order chi connectivity index (χ1) is 11.5. The number of fused-ring (bicyclic) bond motifs is 1. The molecular weight excluding hydrogens is 313 g/mol. The van der Waals surface area contributed by atoms with Crippen molar-refractivity contribution in [2.75, 3.05) is 16.8 Å². The molecule has 124 valence electrons. The van der Waals surface area contributed by atoms with Gasteiger partial charge in [-0.15, -0.1) is 0 Å². The molecule has 6 nitrogen and oxygen atoms in total. The van der Waals surface area contributed by atoms with Gasteiger partial charge in [0, 0.05) is 25.7 Å². The van der Waals surface area contributed by atoms with Gasteiger partial charge in [-0.1, -0.05) is 12.1 Å². The maximum absolute atomic E-state index is 13.3. The van der Waals surface area contributed by atoms with E-state index in [-0.39, 0.29) is 11.6 Å². The van der Waals surface area contributed by atoms with Crippen LogP contribution < -0.4 is 10.2 Å². The van der Waals surface area contributed by atoms with Crippen LogP contribution >= 0.6 is 0 Å². The van der Waals surface area contributed by atoms with Crippen LogP contribution in [0.4, 0.5) is 21.5 Å². The monoisotopic (exact) mass is 329 g/mol. The van der Waals surface area contributed by atoms with Gasteiger partial charge in [0.05, 0.1) is 11.0 Å². The van der Waals surface area contributed by atoms with E-state index < -0.39 is 10.7 Å². The fourth-order valence-corrected chi connectivity index (χ4v) is 3.03. The normalized spacial score (nSPS) is 13.3. The number of anilines is 2. The highest BCUT2D eigenvalue weighted by molar-refractivity contribution is 5.89. The lowest BCUT2D eigenvalue weighted by molar-refractivity contribution is -0.384. The highest BCUT2D eigenvalue weighted by Gasteiger charge is 2.25. The van der Waals surface area contributed by atoms with Crippen molar-refractivity contribution in [1.29, 1.82) is 0 Å². The number of rotatable bonds is 3. The van der Waals surface area contributed by atoms with Gasteiger partial charge in [-0.25, -0.2) is 4.39 Å². The molecule has 1 amide bonds. The number of nitro groups is 1. The minimum Gasteiger partial charge on any atom is -0.361 e. The largest absolute Gasteiger partial charge is 0.361 e. The van der Waals surface area contributed by atoms with Gasteiger partial charge >= 0.3 is 0 Å². The number of hydrogen-bond acceptors (Lipinski definition) is 4. The Kier molecular flexibility index (Phi) is 4.16. The number of hydrogen-bond donors (Lipinski definition) is 1.